The lowest BCUT2D eigenvalue weighted by Gasteiger charge is -2.27. The monoisotopic (exact) mass is 408 g/mol. The topological polar surface area (TPSA) is 54.0 Å². The largest absolute Gasteiger partial charge is 0.325 e. The Bertz CT molecular complexity index is 965. The van der Waals surface area contributed by atoms with Gasteiger partial charge in [0.25, 0.3) is 0 Å². The van der Waals surface area contributed by atoms with Gasteiger partial charge in [0, 0.05) is 16.7 Å². The van der Waals surface area contributed by atoms with Crippen LogP contribution in [0.25, 0.3) is 21.8 Å². The van der Waals surface area contributed by atoms with E-state index in [0.29, 0.717) is 6.04 Å². The number of amides is 1. The maximum absolute atomic E-state index is 13.1. The van der Waals surface area contributed by atoms with Gasteiger partial charge in [-0.15, -0.1) is 4.72 Å². The van der Waals surface area contributed by atoms with Crippen LogP contribution in [-0.2, 0) is 16.7 Å². The Balaban J connectivity index is 1.50. The van der Waals surface area contributed by atoms with Crippen molar-refractivity contribution in [3.05, 3.63) is 48.5 Å². The van der Waals surface area contributed by atoms with Crippen LogP contribution in [0.15, 0.2) is 48.5 Å². The fourth-order valence-corrected chi connectivity index (χ4v) is 4.80. The smallest absolute Gasteiger partial charge is 0.227 e. The summed E-state index contributed by atoms with van der Waals surface area (Å²) in [4.78, 5) is 17.9. The second-order valence-corrected chi connectivity index (χ2v) is 10.8. The van der Waals surface area contributed by atoms with E-state index in [9.17, 15) is 4.79 Å². The zero-order chi connectivity index (χ0) is 20.4. The minimum Gasteiger partial charge on any atom is -0.325 e. The number of rotatable bonds is 4. The highest BCUT2D eigenvalue weighted by Crippen LogP contribution is 2.32. The third-order valence-corrected chi connectivity index (χ3v) is 6.68. The zero-order valence-electron chi connectivity index (χ0n) is 17.4. The minimum absolute atomic E-state index is 0.0741. The van der Waals surface area contributed by atoms with Crippen molar-refractivity contribution in [3.8, 4) is 0 Å². The molecule has 0 bridgehead atoms. The predicted molar refractivity (Wildman–Crippen MR) is 125 cm³/mol. The molecule has 152 valence electrons. The summed E-state index contributed by atoms with van der Waals surface area (Å²) in [6, 6.07) is 16.6. The number of hydrogen-bond acceptors (Lipinski definition) is 3. The number of fused-ring (bicyclic) bond motifs is 2. The minimum atomic E-state index is 0.0741. The Morgan fingerprint density at radius 1 is 0.931 bits per heavy atom. The van der Waals surface area contributed by atoms with Crippen molar-refractivity contribution in [2.75, 3.05) is 5.32 Å². The summed E-state index contributed by atoms with van der Waals surface area (Å²) < 4.78 is 3.91. The molecule has 5 heteroatoms. The van der Waals surface area contributed by atoms with Gasteiger partial charge in [0.2, 0.25) is 5.91 Å². The van der Waals surface area contributed by atoms with Crippen LogP contribution in [0.4, 0.5) is 5.69 Å². The van der Waals surface area contributed by atoms with Gasteiger partial charge in [-0.05, 0) is 58.6 Å². The number of carbonyl (C=O) groups is 1. The van der Waals surface area contributed by atoms with Crippen LogP contribution in [0, 0.1) is 5.92 Å². The van der Waals surface area contributed by atoms with Crippen molar-refractivity contribution < 1.29 is 4.79 Å². The molecule has 2 aromatic carbocycles. The number of thiol groups is 1. The van der Waals surface area contributed by atoms with E-state index in [1.54, 1.807) is 0 Å². The van der Waals surface area contributed by atoms with Gasteiger partial charge in [-0.3, -0.25) is 4.79 Å². The molecule has 1 aliphatic rings. The first kappa shape index (κ1) is 20.2. The fourth-order valence-electron chi connectivity index (χ4n) is 3.97. The summed E-state index contributed by atoms with van der Waals surface area (Å²) in [6.07, 6.45) is 3.98. The summed E-state index contributed by atoms with van der Waals surface area (Å²) in [6.45, 7) is 6.72. The zero-order valence-corrected chi connectivity index (χ0v) is 18.3. The molecule has 1 fully saturated rings. The summed E-state index contributed by atoms with van der Waals surface area (Å²) in [7, 11) is 0. The van der Waals surface area contributed by atoms with Gasteiger partial charge < -0.3 is 5.32 Å². The number of benzene rings is 2. The first-order valence-corrected chi connectivity index (χ1v) is 11.4. The van der Waals surface area contributed by atoms with Gasteiger partial charge in [-0.2, -0.15) is 0 Å². The van der Waals surface area contributed by atoms with Gasteiger partial charge in [0.05, 0.1) is 34.7 Å². The first-order valence-electron chi connectivity index (χ1n) is 10.5. The quantitative estimate of drug-likeness (QED) is 0.363. The SMILES string of the molecule is CC(C)(C)[SH+]NC1CCC(C(=O)Nc2c3ccccc3nc3ccccc23)CC1. The molecule has 0 spiro atoms. The van der Waals surface area contributed by atoms with Crippen LogP contribution in [0.5, 0.6) is 0 Å². The lowest BCUT2D eigenvalue weighted by Crippen LogP contribution is -2.39. The number of carbonyl (C=O) groups excluding carboxylic acids is 1. The highest BCUT2D eigenvalue weighted by Gasteiger charge is 2.30. The highest BCUT2D eigenvalue weighted by atomic mass is 32.2. The molecule has 0 unspecified atom stereocenters. The average molecular weight is 409 g/mol. The van der Waals surface area contributed by atoms with Gasteiger partial charge >= 0.3 is 0 Å². The Kier molecular flexibility index (Phi) is 5.79. The first-order chi connectivity index (χ1) is 13.9. The maximum atomic E-state index is 13.1. The Morgan fingerprint density at radius 2 is 1.48 bits per heavy atom. The second kappa shape index (κ2) is 8.33. The summed E-state index contributed by atoms with van der Waals surface area (Å²) in [5.41, 5.74) is 2.72. The number of anilines is 1. The molecule has 1 aromatic heterocycles. The molecule has 1 aliphatic carbocycles. The molecule has 1 amide bonds. The van der Waals surface area contributed by atoms with Crippen LogP contribution in [0.1, 0.15) is 46.5 Å². The van der Waals surface area contributed by atoms with E-state index in [2.05, 4.69) is 30.8 Å². The maximum Gasteiger partial charge on any atom is 0.227 e. The molecule has 0 saturated heterocycles. The number of para-hydroxylation sites is 2. The van der Waals surface area contributed by atoms with Crippen LogP contribution >= 0.6 is 0 Å². The molecule has 29 heavy (non-hydrogen) atoms. The van der Waals surface area contributed by atoms with Crippen molar-refractivity contribution in [1.29, 1.82) is 0 Å². The lowest BCUT2D eigenvalue weighted by molar-refractivity contribution is -0.120. The summed E-state index contributed by atoms with van der Waals surface area (Å²) in [5.74, 6) is 0.211. The molecule has 1 saturated carbocycles. The average Bonchev–Trinajstić information content (AvgIpc) is 2.72. The number of nitrogens with one attached hydrogen (secondary N) is 2. The van der Waals surface area contributed by atoms with E-state index >= 15 is 0 Å². The molecular formula is C24H30N3OS+. The summed E-state index contributed by atoms with van der Waals surface area (Å²) >= 11 is 1.28. The van der Waals surface area contributed by atoms with Crippen LogP contribution in [0.2, 0.25) is 0 Å². The van der Waals surface area contributed by atoms with E-state index in [4.69, 9.17) is 4.98 Å². The van der Waals surface area contributed by atoms with Crippen LogP contribution in [0.3, 0.4) is 0 Å². The Labute approximate surface area is 177 Å². The van der Waals surface area contributed by atoms with E-state index < -0.39 is 0 Å². The van der Waals surface area contributed by atoms with Gasteiger partial charge in [-0.1, -0.05) is 36.4 Å². The van der Waals surface area contributed by atoms with E-state index in [0.717, 1.165) is 53.2 Å². The highest BCUT2D eigenvalue weighted by molar-refractivity contribution is 7.77. The van der Waals surface area contributed by atoms with Crippen molar-refractivity contribution >= 4 is 45.3 Å². The Hall–Kier alpha value is -2.11. The molecule has 0 atom stereocenters. The third kappa shape index (κ3) is 4.73. The lowest BCUT2D eigenvalue weighted by atomic mass is 9.86. The molecule has 2 N–H and O–H groups in total. The molecule has 4 nitrogen and oxygen atoms in total. The standard InChI is InChI=1S/C24H29N3OS/c1-24(2,3)29-27-17-14-12-16(13-15-17)23(28)26-22-18-8-4-6-10-20(18)25-21-11-7-5-9-19(21)22/h4-11,16-17,27H,12-15H2,1-3H3,(H,25,26,28)/p+1. The van der Waals surface area contributed by atoms with Crippen molar-refractivity contribution in [3.63, 3.8) is 0 Å². The molecule has 1 heterocycles. The number of nitrogens with zero attached hydrogens (tertiary/aromatic N) is 1. The molecular weight excluding hydrogens is 378 g/mol. The van der Waals surface area contributed by atoms with Crippen molar-refractivity contribution in [1.82, 2.24) is 9.71 Å². The molecule has 3 aromatic rings. The Morgan fingerprint density at radius 3 is 2.03 bits per heavy atom. The van der Waals surface area contributed by atoms with Crippen molar-refractivity contribution in [2.45, 2.75) is 57.2 Å². The fraction of sp³-hybridized carbons (Fsp3) is 0.417. The van der Waals surface area contributed by atoms with Gasteiger partial charge in [0.15, 0.2) is 0 Å². The normalized spacial score (nSPS) is 20.1. The van der Waals surface area contributed by atoms with Gasteiger partial charge in [-0.25, -0.2) is 4.98 Å². The van der Waals surface area contributed by atoms with Crippen LogP contribution < -0.4 is 10.0 Å². The number of hydrogen-bond donors (Lipinski definition) is 2. The number of aromatic nitrogens is 1. The molecule has 0 radical (unpaired) electrons. The van der Waals surface area contributed by atoms with E-state index in [1.807, 2.05) is 48.5 Å². The van der Waals surface area contributed by atoms with Crippen molar-refractivity contribution in [2.24, 2.45) is 5.92 Å². The molecule has 4 rings (SSSR count). The number of pyridine rings is 1. The second-order valence-electron chi connectivity index (χ2n) is 8.97. The van der Waals surface area contributed by atoms with E-state index in [1.165, 1.54) is 11.9 Å². The summed E-state index contributed by atoms with van der Waals surface area (Å²) in [5, 5.41) is 5.27. The third-order valence-electron chi connectivity index (χ3n) is 5.52. The predicted octanol–water partition coefficient (Wildman–Crippen LogP) is 5.00. The van der Waals surface area contributed by atoms with Crippen LogP contribution in [-0.4, -0.2) is 21.7 Å². The molecule has 0 aliphatic heterocycles. The van der Waals surface area contributed by atoms with Gasteiger partial charge in [0.1, 0.15) is 4.75 Å². The van der Waals surface area contributed by atoms with E-state index in [-0.39, 0.29) is 16.6 Å².